The van der Waals surface area contributed by atoms with Gasteiger partial charge in [0.2, 0.25) is 5.69 Å². The smallest absolute Gasteiger partial charge is 0.197 e. The Morgan fingerprint density at radius 3 is 2.13 bits per heavy atom. The molecule has 0 aromatic heterocycles. The molecule has 0 N–H and O–H groups in total. The van der Waals surface area contributed by atoms with Gasteiger partial charge in [0.1, 0.15) is 0 Å². The molecule has 0 saturated carbocycles. The highest BCUT2D eigenvalue weighted by Gasteiger charge is 2.49. The van der Waals surface area contributed by atoms with Crippen molar-refractivity contribution in [2.24, 2.45) is 0 Å². The molecule has 1 unspecified atom stereocenters. The van der Waals surface area contributed by atoms with E-state index in [1.165, 1.54) is 16.8 Å². The minimum Gasteiger partial charge on any atom is -0.197 e. The van der Waals surface area contributed by atoms with E-state index in [1.807, 2.05) is 0 Å². The van der Waals surface area contributed by atoms with E-state index < -0.39 is 0 Å². The summed E-state index contributed by atoms with van der Waals surface area (Å²) in [7, 11) is 0. The second kappa shape index (κ2) is 5.63. The third-order valence-electron chi connectivity index (χ3n) is 5.12. The van der Waals surface area contributed by atoms with Gasteiger partial charge in [0.25, 0.3) is 0 Å². The summed E-state index contributed by atoms with van der Waals surface area (Å²) in [6.07, 6.45) is 3.57. The Balaban J connectivity index is 2.13. The number of benzene rings is 2. The molecule has 0 bridgehead atoms. The molecule has 120 valence electrons. The van der Waals surface area contributed by atoms with Gasteiger partial charge in [0.15, 0.2) is 11.8 Å². The number of hydrogen-bond acceptors (Lipinski definition) is 0. The first kappa shape index (κ1) is 16.0. The summed E-state index contributed by atoms with van der Waals surface area (Å²) < 4.78 is 2.51. The maximum Gasteiger partial charge on any atom is 0.208 e. The lowest BCUT2D eigenvalue weighted by atomic mass is 9.77. The molecule has 1 atom stereocenters. The largest absolute Gasteiger partial charge is 0.208 e. The van der Waals surface area contributed by atoms with Crippen LogP contribution in [0.25, 0.3) is 0 Å². The minimum absolute atomic E-state index is 0.0782. The lowest BCUT2D eigenvalue weighted by molar-refractivity contribution is -0.512. The first-order valence-corrected chi connectivity index (χ1v) is 8.63. The minimum atomic E-state index is 0.0782. The van der Waals surface area contributed by atoms with E-state index in [-0.39, 0.29) is 11.0 Å². The average Bonchev–Trinajstić information content (AvgIpc) is 2.78. The van der Waals surface area contributed by atoms with E-state index in [4.69, 9.17) is 0 Å². The van der Waals surface area contributed by atoms with E-state index in [9.17, 15) is 0 Å². The zero-order chi connectivity index (χ0) is 16.7. The molecule has 1 nitrogen and oxygen atoms in total. The van der Waals surface area contributed by atoms with Crippen LogP contribution >= 0.6 is 0 Å². The molecule has 0 spiro atoms. The van der Waals surface area contributed by atoms with E-state index in [2.05, 4.69) is 100 Å². The van der Waals surface area contributed by atoms with Crippen LogP contribution in [0.4, 0.5) is 5.69 Å². The van der Waals surface area contributed by atoms with E-state index in [0.29, 0.717) is 5.92 Å². The van der Waals surface area contributed by atoms with Gasteiger partial charge in [-0.05, 0) is 18.4 Å². The Bertz CT molecular complexity index is 725. The van der Waals surface area contributed by atoms with Crippen LogP contribution in [0.3, 0.4) is 0 Å². The Kier molecular flexibility index (Phi) is 3.91. The first-order chi connectivity index (χ1) is 10.8. The predicted octanol–water partition coefficient (Wildman–Crippen LogP) is 5.67. The fourth-order valence-corrected chi connectivity index (χ4v) is 4.08. The van der Waals surface area contributed by atoms with Crippen LogP contribution in [0.15, 0.2) is 54.6 Å². The Labute approximate surface area is 140 Å². The third-order valence-corrected chi connectivity index (χ3v) is 5.12. The average molecular weight is 306 g/mol. The molecule has 1 aliphatic heterocycles. The molecule has 0 saturated heterocycles. The molecule has 2 aromatic rings. The summed E-state index contributed by atoms with van der Waals surface area (Å²) in [6, 6.07) is 19.7. The summed E-state index contributed by atoms with van der Waals surface area (Å²) in [5, 5.41) is 0. The number of rotatable bonds is 3. The first-order valence-electron chi connectivity index (χ1n) is 8.63. The van der Waals surface area contributed by atoms with Crippen molar-refractivity contribution in [3.05, 3.63) is 65.7 Å². The van der Waals surface area contributed by atoms with Gasteiger partial charge < -0.3 is 0 Å². The maximum atomic E-state index is 2.51. The maximum absolute atomic E-state index is 2.51. The zero-order valence-electron chi connectivity index (χ0n) is 15.0. The fourth-order valence-electron chi connectivity index (χ4n) is 4.08. The zero-order valence-corrected chi connectivity index (χ0v) is 15.0. The topological polar surface area (TPSA) is 3.01 Å². The second-order valence-electron chi connectivity index (χ2n) is 7.99. The van der Waals surface area contributed by atoms with Crippen molar-refractivity contribution in [2.45, 2.75) is 57.9 Å². The molecular formula is C22H28N+. The molecule has 1 aliphatic rings. The van der Waals surface area contributed by atoms with Gasteiger partial charge in [-0.3, -0.25) is 0 Å². The Hall–Kier alpha value is -1.89. The summed E-state index contributed by atoms with van der Waals surface area (Å²) in [5.41, 5.74) is 4.36. The second-order valence-corrected chi connectivity index (χ2v) is 7.99. The lowest BCUT2D eigenvalue weighted by Crippen LogP contribution is -2.31. The van der Waals surface area contributed by atoms with Crippen molar-refractivity contribution in [2.75, 3.05) is 0 Å². The molecule has 0 aliphatic carbocycles. The van der Waals surface area contributed by atoms with Gasteiger partial charge in [-0.25, -0.2) is 0 Å². The highest BCUT2D eigenvalue weighted by atomic mass is 15.1. The van der Waals surface area contributed by atoms with Crippen LogP contribution < -0.4 is 0 Å². The van der Waals surface area contributed by atoms with Crippen molar-refractivity contribution >= 4 is 11.9 Å². The molecule has 1 heteroatoms. The standard InChI is InChI=1S/C22H28N/c1-17(2)19-13-9-10-14-20(19)23-16-22(5,15-21(23,3)4)18-11-7-6-8-12-18/h6-14,16-17H,15H2,1-5H3/q+1. The lowest BCUT2D eigenvalue weighted by Gasteiger charge is -2.22. The SMILES string of the molecule is CC(C)c1ccccc1[N+]1=CC(C)(c2ccccc2)CC1(C)C. The summed E-state index contributed by atoms with van der Waals surface area (Å²) in [4.78, 5) is 0. The normalized spacial score (nSPS) is 23.1. The molecule has 2 aromatic carbocycles. The van der Waals surface area contributed by atoms with Crippen LogP contribution in [-0.4, -0.2) is 16.3 Å². The van der Waals surface area contributed by atoms with Crippen molar-refractivity contribution in [1.29, 1.82) is 0 Å². The number of nitrogens with zero attached hydrogens (tertiary/aromatic N) is 1. The van der Waals surface area contributed by atoms with Crippen LogP contribution in [0, 0.1) is 0 Å². The van der Waals surface area contributed by atoms with Crippen LogP contribution in [0.1, 0.15) is 58.1 Å². The number of hydrogen-bond donors (Lipinski definition) is 0. The van der Waals surface area contributed by atoms with Crippen molar-refractivity contribution in [3.8, 4) is 0 Å². The van der Waals surface area contributed by atoms with Crippen molar-refractivity contribution in [1.82, 2.24) is 0 Å². The highest BCUT2D eigenvalue weighted by molar-refractivity contribution is 5.73. The van der Waals surface area contributed by atoms with Gasteiger partial charge in [0, 0.05) is 31.9 Å². The van der Waals surface area contributed by atoms with Crippen LogP contribution in [-0.2, 0) is 5.41 Å². The summed E-state index contributed by atoms with van der Waals surface area (Å²) in [6.45, 7) is 11.6. The Morgan fingerprint density at radius 1 is 0.870 bits per heavy atom. The Morgan fingerprint density at radius 2 is 1.48 bits per heavy atom. The molecular weight excluding hydrogens is 278 g/mol. The van der Waals surface area contributed by atoms with Gasteiger partial charge in [0.05, 0.1) is 5.41 Å². The number of para-hydroxylation sites is 1. The molecule has 0 radical (unpaired) electrons. The fraction of sp³-hybridized carbons (Fsp3) is 0.409. The van der Waals surface area contributed by atoms with E-state index >= 15 is 0 Å². The molecule has 3 rings (SSSR count). The van der Waals surface area contributed by atoms with Gasteiger partial charge in [-0.15, -0.1) is 0 Å². The van der Waals surface area contributed by atoms with E-state index in [1.54, 1.807) is 0 Å². The summed E-state index contributed by atoms with van der Waals surface area (Å²) >= 11 is 0. The quantitative estimate of drug-likeness (QED) is 0.643. The third kappa shape index (κ3) is 2.85. The van der Waals surface area contributed by atoms with Crippen LogP contribution in [0.2, 0.25) is 0 Å². The van der Waals surface area contributed by atoms with Gasteiger partial charge >= 0.3 is 0 Å². The monoisotopic (exact) mass is 306 g/mol. The molecule has 0 amide bonds. The molecule has 23 heavy (non-hydrogen) atoms. The van der Waals surface area contributed by atoms with E-state index in [0.717, 1.165) is 6.42 Å². The van der Waals surface area contributed by atoms with Crippen LogP contribution in [0.5, 0.6) is 0 Å². The molecule has 0 fully saturated rings. The van der Waals surface area contributed by atoms with Crippen molar-refractivity contribution < 1.29 is 4.58 Å². The predicted molar refractivity (Wildman–Crippen MR) is 99.0 cm³/mol. The van der Waals surface area contributed by atoms with Crippen molar-refractivity contribution in [3.63, 3.8) is 0 Å². The summed E-state index contributed by atoms with van der Waals surface area (Å²) in [5.74, 6) is 0.527. The molecule has 1 heterocycles. The van der Waals surface area contributed by atoms with Gasteiger partial charge in [-0.1, -0.05) is 62.4 Å². The highest BCUT2D eigenvalue weighted by Crippen LogP contribution is 2.42. The van der Waals surface area contributed by atoms with Gasteiger partial charge in [-0.2, -0.15) is 4.58 Å².